The van der Waals surface area contributed by atoms with E-state index in [1.165, 1.54) is 0 Å². The largest absolute Gasteiger partial charge is 0.321 e. The molecule has 1 heterocycles. The van der Waals surface area contributed by atoms with Gasteiger partial charge in [0.05, 0.1) is 6.04 Å². The number of nitrogens with two attached hydrogens (primary N) is 1. The van der Waals surface area contributed by atoms with E-state index in [0.29, 0.717) is 0 Å². The van der Waals surface area contributed by atoms with Gasteiger partial charge in [-0.05, 0) is 18.6 Å². The molecule has 0 saturated carbocycles. The average molecular weight is 216 g/mol. The van der Waals surface area contributed by atoms with Gasteiger partial charge in [0.2, 0.25) is 0 Å². The Hall–Kier alpha value is -1.68. The molecule has 2 aromatic rings. The maximum Gasteiger partial charge on any atom is 0.154 e. The highest BCUT2D eigenvalue weighted by Gasteiger charge is 2.13. The van der Waals surface area contributed by atoms with Crippen LogP contribution in [0.2, 0.25) is 0 Å². The molecule has 4 nitrogen and oxygen atoms in total. The molecule has 0 aliphatic carbocycles. The third-order valence-electron chi connectivity index (χ3n) is 2.54. The molecule has 16 heavy (non-hydrogen) atoms. The van der Waals surface area contributed by atoms with E-state index in [1.807, 2.05) is 34.9 Å². The second kappa shape index (κ2) is 4.90. The van der Waals surface area contributed by atoms with Gasteiger partial charge in [-0.15, -0.1) is 10.2 Å². The normalized spacial score (nSPS) is 12.6. The summed E-state index contributed by atoms with van der Waals surface area (Å²) < 4.78 is 1.94. The average Bonchev–Trinajstić information content (AvgIpc) is 2.79. The Bertz CT molecular complexity index is 435. The van der Waals surface area contributed by atoms with E-state index in [2.05, 4.69) is 17.1 Å². The Kier molecular flexibility index (Phi) is 3.31. The molecule has 0 amide bonds. The van der Waals surface area contributed by atoms with Crippen molar-refractivity contribution in [2.45, 2.75) is 25.8 Å². The van der Waals surface area contributed by atoms with E-state index in [1.54, 1.807) is 6.33 Å². The monoisotopic (exact) mass is 216 g/mol. The fourth-order valence-corrected chi connectivity index (χ4v) is 1.72. The first-order valence-corrected chi connectivity index (χ1v) is 5.54. The van der Waals surface area contributed by atoms with Crippen molar-refractivity contribution in [3.63, 3.8) is 0 Å². The summed E-state index contributed by atoms with van der Waals surface area (Å²) in [6.07, 6.45) is 3.68. The maximum absolute atomic E-state index is 6.06. The van der Waals surface area contributed by atoms with Crippen molar-refractivity contribution in [1.29, 1.82) is 0 Å². The van der Waals surface area contributed by atoms with Gasteiger partial charge < -0.3 is 5.73 Å². The van der Waals surface area contributed by atoms with Crippen LogP contribution in [0.5, 0.6) is 0 Å². The first-order valence-electron chi connectivity index (χ1n) is 5.54. The number of nitrogens with zero attached hydrogens (tertiary/aromatic N) is 3. The minimum atomic E-state index is -0.0484. The molecule has 0 bridgehead atoms. The van der Waals surface area contributed by atoms with E-state index >= 15 is 0 Å². The standard InChI is InChI=1S/C12H16N4/c1-2-6-11(13)12-15-14-9-16(12)10-7-4-3-5-8-10/h3-5,7-9,11H,2,6,13H2,1H3/t11-/m1/s1. The predicted octanol–water partition coefficient (Wildman–Crippen LogP) is 2.07. The molecule has 0 radical (unpaired) electrons. The third-order valence-corrected chi connectivity index (χ3v) is 2.54. The number of hydrogen-bond donors (Lipinski definition) is 1. The highest BCUT2D eigenvalue weighted by atomic mass is 15.3. The van der Waals surface area contributed by atoms with Crippen LogP contribution in [0.4, 0.5) is 0 Å². The Labute approximate surface area is 95.1 Å². The Morgan fingerprint density at radius 2 is 2.06 bits per heavy atom. The van der Waals surface area contributed by atoms with E-state index in [4.69, 9.17) is 5.73 Å². The summed E-state index contributed by atoms with van der Waals surface area (Å²) in [4.78, 5) is 0. The van der Waals surface area contributed by atoms with Gasteiger partial charge in [0, 0.05) is 5.69 Å². The lowest BCUT2D eigenvalue weighted by molar-refractivity contribution is 0.591. The molecule has 0 spiro atoms. The summed E-state index contributed by atoms with van der Waals surface area (Å²) in [7, 11) is 0. The van der Waals surface area contributed by atoms with E-state index in [9.17, 15) is 0 Å². The molecule has 0 aliphatic rings. The molecular formula is C12H16N4. The van der Waals surface area contributed by atoms with Gasteiger partial charge in [0.25, 0.3) is 0 Å². The maximum atomic E-state index is 6.06. The molecule has 2 N–H and O–H groups in total. The molecule has 1 aromatic carbocycles. The predicted molar refractivity (Wildman–Crippen MR) is 63.2 cm³/mol. The van der Waals surface area contributed by atoms with Crippen LogP contribution in [0.3, 0.4) is 0 Å². The number of rotatable bonds is 4. The van der Waals surface area contributed by atoms with Crippen LogP contribution in [0.1, 0.15) is 31.6 Å². The molecule has 1 aromatic heterocycles. The molecule has 1 atom stereocenters. The second-order valence-corrected chi connectivity index (χ2v) is 3.79. The third kappa shape index (κ3) is 2.12. The van der Waals surface area contributed by atoms with Crippen molar-refractivity contribution in [1.82, 2.24) is 14.8 Å². The first-order chi connectivity index (χ1) is 7.83. The number of hydrogen-bond acceptors (Lipinski definition) is 3. The zero-order valence-corrected chi connectivity index (χ0v) is 9.37. The fraction of sp³-hybridized carbons (Fsp3) is 0.333. The van der Waals surface area contributed by atoms with E-state index < -0.39 is 0 Å². The van der Waals surface area contributed by atoms with Crippen molar-refractivity contribution in [3.05, 3.63) is 42.5 Å². The molecule has 0 fully saturated rings. The summed E-state index contributed by atoms with van der Waals surface area (Å²) in [6.45, 7) is 2.11. The first kappa shape index (κ1) is 10.8. The highest BCUT2D eigenvalue weighted by molar-refractivity contribution is 5.32. The minimum Gasteiger partial charge on any atom is -0.321 e. The summed E-state index contributed by atoms with van der Waals surface area (Å²) in [5, 5.41) is 8.03. The van der Waals surface area contributed by atoms with E-state index in [-0.39, 0.29) is 6.04 Å². The Morgan fingerprint density at radius 1 is 1.31 bits per heavy atom. The zero-order chi connectivity index (χ0) is 11.4. The molecule has 2 rings (SSSR count). The van der Waals surface area contributed by atoms with Gasteiger partial charge in [0.1, 0.15) is 6.33 Å². The van der Waals surface area contributed by atoms with Gasteiger partial charge >= 0.3 is 0 Å². The molecule has 84 valence electrons. The van der Waals surface area contributed by atoms with Crippen molar-refractivity contribution in [2.75, 3.05) is 0 Å². The lowest BCUT2D eigenvalue weighted by Gasteiger charge is -2.11. The number of aromatic nitrogens is 3. The summed E-state index contributed by atoms with van der Waals surface area (Å²) in [6, 6.07) is 9.96. The lowest BCUT2D eigenvalue weighted by Crippen LogP contribution is -2.15. The summed E-state index contributed by atoms with van der Waals surface area (Å²) >= 11 is 0. The molecule has 0 aliphatic heterocycles. The number of para-hydroxylation sites is 1. The second-order valence-electron chi connectivity index (χ2n) is 3.79. The van der Waals surface area contributed by atoms with Gasteiger partial charge in [-0.25, -0.2) is 0 Å². The van der Waals surface area contributed by atoms with Crippen molar-refractivity contribution in [3.8, 4) is 5.69 Å². The van der Waals surface area contributed by atoms with Crippen LogP contribution in [-0.2, 0) is 0 Å². The van der Waals surface area contributed by atoms with Crippen LogP contribution in [0, 0.1) is 0 Å². The minimum absolute atomic E-state index is 0.0484. The van der Waals surface area contributed by atoms with Gasteiger partial charge in [-0.1, -0.05) is 31.5 Å². The molecule has 0 saturated heterocycles. The van der Waals surface area contributed by atoms with Gasteiger partial charge in [-0.3, -0.25) is 4.57 Å². The van der Waals surface area contributed by atoms with Gasteiger partial charge in [-0.2, -0.15) is 0 Å². The van der Waals surface area contributed by atoms with E-state index in [0.717, 1.165) is 24.4 Å². The van der Waals surface area contributed by atoms with Crippen LogP contribution in [0.15, 0.2) is 36.7 Å². The smallest absolute Gasteiger partial charge is 0.154 e. The number of benzene rings is 1. The van der Waals surface area contributed by atoms with Crippen molar-refractivity contribution >= 4 is 0 Å². The molecule has 4 heteroatoms. The van der Waals surface area contributed by atoms with Gasteiger partial charge in [0.15, 0.2) is 5.82 Å². The van der Waals surface area contributed by atoms with Crippen molar-refractivity contribution < 1.29 is 0 Å². The quantitative estimate of drug-likeness (QED) is 0.851. The van der Waals surface area contributed by atoms with Crippen LogP contribution in [0.25, 0.3) is 5.69 Å². The lowest BCUT2D eigenvalue weighted by atomic mass is 10.1. The Morgan fingerprint density at radius 3 is 2.75 bits per heavy atom. The topological polar surface area (TPSA) is 56.7 Å². The highest BCUT2D eigenvalue weighted by Crippen LogP contribution is 2.16. The molecule has 0 unspecified atom stereocenters. The Balaban J connectivity index is 2.33. The zero-order valence-electron chi connectivity index (χ0n) is 9.37. The summed E-state index contributed by atoms with van der Waals surface area (Å²) in [5.41, 5.74) is 7.11. The van der Waals surface area contributed by atoms with Crippen LogP contribution >= 0.6 is 0 Å². The van der Waals surface area contributed by atoms with Crippen LogP contribution < -0.4 is 5.73 Å². The molecular weight excluding hydrogens is 200 g/mol. The SMILES string of the molecule is CCC[C@@H](N)c1nncn1-c1ccccc1. The van der Waals surface area contributed by atoms with Crippen molar-refractivity contribution in [2.24, 2.45) is 5.73 Å². The van der Waals surface area contributed by atoms with Crippen LogP contribution in [-0.4, -0.2) is 14.8 Å². The fourth-order valence-electron chi connectivity index (χ4n) is 1.72. The summed E-state index contributed by atoms with van der Waals surface area (Å²) in [5.74, 6) is 0.827.